The first-order chi connectivity index (χ1) is 17.5. The minimum absolute atomic E-state index is 0.0228. The molecule has 2 aliphatic rings. The third-order valence-electron chi connectivity index (χ3n) is 6.11. The smallest absolute Gasteiger partial charge is 0.229 e. The summed E-state index contributed by atoms with van der Waals surface area (Å²) in [4.78, 5) is 15.6. The molecule has 2 aliphatic heterocycles. The Balaban J connectivity index is 1.13. The molecule has 0 amide bonds. The number of anilines is 4. The predicted octanol–water partition coefficient (Wildman–Crippen LogP) is 2.93. The number of sulfone groups is 1. The molecule has 0 bridgehead atoms. The van der Waals surface area contributed by atoms with Crippen molar-refractivity contribution in [3.8, 4) is 5.75 Å². The third kappa shape index (κ3) is 6.68. The molecule has 3 aromatic rings. The molecule has 1 fully saturated rings. The van der Waals surface area contributed by atoms with Gasteiger partial charge >= 0.3 is 0 Å². The van der Waals surface area contributed by atoms with Gasteiger partial charge in [-0.25, -0.2) is 13.4 Å². The number of hydrogen-bond donors (Lipinski definition) is 2. The maximum absolute atomic E-state index is 12.0. The highest BCUT2D eigenvalue weighted by molar-refractivity contribution is 7.90. The van der Waals surface area contributed by atoms with E-state index in [0.717, 1.165) is 62.0 Å². The van der Waals surface area contributed by atoms with Crippen LogP contribution in [0.25, 0.3) is 0 Å². The van der Waals surface area contributed by atoms with E-state index >= 15 is 0 Å². The Morgan fingerprint density at radius 3 is 2.69 bits per heavy atom. The van der Waals surface area contributed by atoms with Crippen LogP contribution in [0.4, 0.5) is 23.1 Å². The van der Waals surface area contributed by atoms with Crippen LogP contribution in [0.2, 0.25) is 0 Å². The Bertz CT molecular complexity index is 1280. The van der Waals surface area contributed by atoms with Gasteiger partial charge in [0.15, 0.2) is 9.84 Å². The van der Waals surface area contributed by atoms with Gasteiger partial charge in [-0.2, -0.15) is 4.98 Å². The summed E-state index contributed by atoms with van der Waals surface area (Å²) in [6.07, 6.45) is 4.78. The van der Waals surface area contributed by atoms with Gasteiger partial charge in [0.05, 0.1) is 43.2 Å². The fraction of sp³-hybridized carbons (Fsp3) is 0.400. The van der Waals surface area contributed by atoms with E-state index in [1.165, 1.54) is 0 Å². The molecule has 4 heterocycles. The predicted molar refractivity (Wildman–Crippen MR) is 138 cm³/mol. The molecule has 2 aromatic heterocycles. The van der Waals surface area contributed by atoms with Crippen LogP contribution >= 0.6 is 0 Å². The Hall–Kier alpha value is -3.28. The van der Waals surface area contributed by atoms with Gasteiger partial charge in [0.25, 0.3) is 0 Å². The second-order valence-corrected chi connectivity index (χ2v) is 11.1. The zero-order valence-electron chi connectivity index (χ0n) is 20.0. The van der Waals surface area contributed by atoms with Gasteiger partial charge in [-0.3, -0.25) is 9.88 Å². The second kappa shape index (κ2) is 11.2. The Morgan fingerprint density at radius 2 is 1.86 bits per heavy atom. The lowest BCUT2D eigenvalue weighted by atomic mass is 10.1. The van der Waals surface area contributed by atoms with Crippen LogP contribution in [0.3, 0.4) is 0 Å². The van der Waals surface area contributed by atoms with Crippen LogP contribution in [-0.2, 0) is 26.7 Å². The fourth-order valence-corrected chi connectivity index (χ4v) is 5.59. The largest absolute Gasteiger partial charge is 0.494 e. The molecule has 36 heavy (non-hydrogen) atoms. The quantitative estimate of drug-likeness (QED) is 0.416. The van der Waals surface area contributed by atoms with Crippen molar-refractivity contribution in [1.82, 2.24) is 19.9 Å². The van der Waals surface area contributed by atoms with Crippen molar-refractivity contribution in [3.05, 3.63) is 60.0 Å². The van der Waals surface area contributed by atoms with Crippen molar-refractivity contribution in [1.29, 1.82) is 0 Å². The van der Waals surface area contributed by atoms with Crippen molar-refractivity contribution >= 4 is 33.0 Å². The lowest BCUT2D eigenvalue weighted by Gasteiger charge is -2.26. The van der Waals surface area contributed by atoms with E-state index in [1.54, 1.807) is 18.5 Å². The number of morpholine rings is 1. The zero-order valence-corrected chi connectivity index (χ0v) is 20.8. The van der Waals surface area contributed by atoms with Gasteiger partial charge in [0, 0.05) is 43.6 Å². The molecule has 5 rings (SSSR count). The topological polar surface area (TPSA) is 119 Å². The molecular weight excluding hydrogens is 480 g/mol. The van der Waals surface area contributed by atoms with Crippen molar-refractivity contribution in [2.45, 2.75) is 18.6 Å². The number of nitrogens with zero attached hydrogens (tertiary/aromatic N) is 4. The summed E-state index contributed by atoms with van der Waals surface area (Å²) in [5, 5.41) is 6.39. The number of benzene rings is 1. The Kier molecular flexibility index (Phi) is 7.59. The molecule has 0 unspecified atom stereocenters. The van der Waals surface area contributed by atoms with E-state index in [0.29, 0.717) is 30.5 Å². The molecular formula is C25H30N6O4S. The molecule has 190 valence electrons. The van der Waals surface area contributed by atoms with E-state index in [-0.39, 0.29) is 11.5 Å². The zero-order chi connectivity index (χ0) is 24.8. The minimum Gasteiger partial charge on any atom is -0.494 e. The molecule has 0 radical (unpaired) electrons. The Morgan fingerprint density at radius 1 is 1.03 bits per heavy atom. The minimum atomic E-state index is -3.06. The molecule has 1 saturated heterocycles. The number of ether oxygens (including phenoxy) is 2. The molecule has 0 aliphatic carbocycles. The summed E-state index contributed by atoms with van der Waals surface area (Å²) in [6.45, 7) is 5.31. The monoisotopic (exact) mass is 510 g/mol. The first-order valence-corrected chi connectivity index (χ1v) is 13.9. The SMILES string of the molecule is O=S1(=O)CCc2ncc(Nc3ccnc(Nc4ccc(OCCCN5CCOCC5)cc4)n3)cc2C1. The first-order valence-electron chi connectivity index (χ1n) is 12.1. The number of aromatic nitrogens is 3. The van der Waals surface area contributed by atoms with Crippen LogP contribution in [0.5, 0.6) is 5.75 Å². The van der Waals surface area contributed by atoms with Gasteiger partial charge in [0.1, 0.15) is 11.6 Å². The summed E-state index contributed by atoms with van der Waals surface area (Å²) in [6, 6.07) is 11.3. The number of nitrogens with one attached hydrogen (secondary N) is 2. The van der Waals surface area contributed by atoms with Crippen molar-refractivity contribution < 1.29 is 17.9 Å². The van der Waals surface area contributed by atoms with Crippen LogP contribution in [-0.4, -0.2) is 73.5 Å². The van der Waals surface area contributed by atoms with E-state index in [9.17, 15) is 8.42 Å². The van der Waals surface area contributed by atoms with Crippen LogP contribution < -0.4 is 15.4 Å². The van der Waals surface area contributed by atoms with Crippen molar-refractivity contribution in [2.24, 2.45) is 0 Å². The van der Waals surface area contributed by atoms with Gasteiger partial charge in [-0.15, -0.1) is 0 Å². The molecule has 1 aromatic carbocycles. The average molecular weight is 511 g/mol. The highest BCUT2D eigenvalue weighted by atomic mass is 32.2. The van der Waals surface area contributed by atoms with Crippen LogP contribution in [0, 0.1) is 0 Å². The lowest BCUT2D eigenvalue weighted by molar-refractivity contribution is 0.0358. The summed E-state index contributed by atoms with van der Waals surface area (Å²) in [5.41, 5.74) is 3.10. The second-order valence-electron chi connectivity index (χ2n) is 8.87. The fourth-order valence-electron chi connectivity index (χ4n) is 4.22. The van der Waals surface area contributed by atoms with Crippen molar-refractivity contribution in [2.75, 3.05) is 55.8 Å². The lowest BCUT2D eigenvalue weighted by Crippen LogP contribution is -2.37. The van der Waals surface area contributed by atoms with Gasteiger partial charge in [0.2, 0.25) is 5.95 Å². The standard InChI is InChI=1S/C25H30N6O4S/c32-36(33)15-7-23-19(18-36)16-21(17-27-23)28-24-6-8-26-25(30-24)29-20-2-4-22(5-3-20)35-12-1-9-31-10-13-34-14-11-31/h2-6,8,16-17H,1,7,9-15,18H2,(H2,26,28,29,30). The molecule has 11 heteroatoms. The van der Waals surface area contributed by atoms with Crippen molar-refractivity contribution in [3.63, 3.8) is 0 Å². The molecule has 0 atom stereocenters. The molecule has 0 spiro atoms. The summed E-state index contributed by atoms with van der Waals surface area (Å²) in [5.74, 6) is 2.01. The molecule has 0 saturated carbocycles. The van der Waals surface area contributed by atoms with E-state index in [4.69, 9.17) is 9.47 Å². The van der Waals surface area contributed by atoms with Gasteiger partial charge in [-0.1, -0.05) is 0 Å². The summed E-state index contributed by atoms with van der Waals surface area (Å²) >= 11 is 0. The Labute approximate surface area is 211 Å². The molecule has 2 N–H and O–H groups in total. The highest BCUT2D eigenvalue weighted by Crippen LogP contribution is 2.24. The van der Waals surface area contributed by atoms with Gasteiger partial charge < -0.3 is 20.1 Å². The maximum atomic E-state index is 12.0. The average Bonchev–Trinajstić information content (AvgIpc) is 2.88. The number of fused-ring (bicyclic) bond motifs is 1. The number of hydrogen-bond acceptors (Lipinski definition) is 10. The van der Waals surface area contributed by atoms with E-state index in [2.05, 4.69) is 30.5 Å². The maximum Gasteiger partial charge on any atom is 0.229 e. The number of aryl methyl sites for hydroxylation is 1. The summed E-state index contributed by atoms with van der Waals surface area (Å²) < 4.78 is 35.2. The summed E-state index contributed by atoms with van der Waals surface area (Å²) in [7, 11) is -3.06. The van der Waals surface area contributed by atoms with E-state index < -0.39 is 9.84 Å². The van der Waals surface area contributed by atoms with E-state index in [1.807, 2.05) is 30.3 Å². The number of pyridine rings is 1. The highest BCUT2D eigenvalue weighted by Gasteiger charge is 2.22. The third-order valence-corrected chi connectivity index (χ3v) is 7.69. The van der Waals surface area contributed by atoms with Crippen LogP contribution in [0.15, 0.2) is 48.8 Å². The first kappa shape index (κ1) is 24.4. The normalized spacial score (nSPS) is 17.2. The number of rotatable bonds is 9. The van der Waals surface area contributed by atoms with Crippen LogP contribution in [0.1, 0.15) is 17.7 Å². The molecule has 10 nitrogen and oxygen atoms in total. The van der Waals surface area contributed by atoms with Gasteiger partial charge in [-0.05, 0) is 48.4 Å².